The number of carbonyl (C=O) groups is 3. The summed E-state index contributed by atoms with van der Waals surface area (Å²) in [5, 5.41) is 10.7. The second-order valence-electron chi connectivity index (χ2n) is 4.49. The molecule has 6 nitrogen and oxygen atoms in total. The van der Waals surface area contributed by atoms with Gasteiger partial charge in [-0.15, -0.1) is 0 Å². The summed E-state index contributed by atoms with van der Waals surface area (Å²) in [7, 11) is 0. The Morgan fingerprint density at radius 1 is 1.18 bits per heavy atom. The maximum Gasteiger partial charge on any atom is 0.416 e. The number of carbonyl (C=O) groups excluding carboxylic acids is 2. The number of rotatable bonds is 6. The van der Waals surface area contributed by atoms with Crippen LogP contribution in [-0.2, 0) is 27.0 Å². The molecule has 0 spiro atoms. The van der Waals surface area contributed by atoms with Crippen LogP contribution in [0.15, 0.2) is 24.3 Å². The third-order valence-electron chi connectivity index (χ3n) is 2.70. The van der Waals surface area contributed by atoms with Crippen LogP contribution in [0.2, 0.25) is 0 Å². The Balaban J connectivity index is 2.68. The predicted octanol–water partition coefficient (Wildman–Crippen LogP) is 0.693. The van der Waals surface area contributed by atoms with Crippen LogP contribution in [0.1, 0.15) is 17.5 Å². The summed E-state index contributed by atoms with van der Waals surface area (Å²) in [6.07, 6.45) is -5.45. The van der Waals surface area contributed by atoms with Crippen molar-refractivity contribution in [2.75, 3.05) is 0 Å². The van der Waals surface area contributed by atoms with E-state index in [4.69, 9.17) is 10.8 Å². The van der Waals surface area contributed by atoms with Crippen LogP contribution in [-0.4, -0.2) is 28.9 Å². The van der Waals surface area contributed by atoms with Crippen LogP contribution in [0.4, 0.5) is 13.2 Å². The number of nitrogens with two attached hydrogens (primary N) is 1. The molecule has 1 aromatic rings. The molecule has 0 saturated heterocycles. The first-order valence-corrected chi connectivity index (χ1v) is 6.06. The molecule has 0 heterocycles. The summed E-state index contributed by atoms with van der Waals surface area (Å²) in [6.45, 7) is 0. The van der Waals surface area contributed by atoms with Crippen LogP contribution >= 0.6 is 0 Å². The molecule has 0 unspecified atom stereocenters. The number of carboxylic acids is 1. The summed E-state index contributed by atoms with van der Waals surface area (Å²) < 4.78 is 37.1. The smallest absolute Gasteiger partial charge is 0.416 e. The number of alkyl halides is 3. The van der Waals surface area contributed by atoms with Crippen molar-refractivity contribution >= 4 is 17.8 Å². The van der Waals surface area contributed by atoms with Gasteiger partial charge in [0.15, 0.2) is 0 Å². The molecule has 120 valence electrons. The van der Waals surface area contributed by atoms with Crippen molar-refractivity contribution < 1.29 is 32.7 Å². The quantitative estimate of drug-likeness (QED) is 0.717. The molecule has 2 amide bonds. The number of hydrogen-bond donors (Lipinski definition) is 3. The first-order valence-electron chi connectivity index (χ1n) is 6.06. The van der Waals surface area contributed by atoms with Crippen molar-refractivity contribution in [3.8, 4) is 0 Å². The van der Waals surface area contributed by atoms with Crippen LogP contribution in [0.5, 0.6) is 0 Å². The molecule has 4 N–H and O–H groups in total. The van der Waals surface area contributed by atoms with Crippen LogP contribution in [0, 0.1) is 0 Å². The van der Waals surface area contributed by atoms with Gasteiger partial charge in [0.1, 0.15) is 6.04 Å². The van der Waals surface area contributed by atoms with Gasteiger partial charge in [-0.1, -0.05) is 12.1 Å². The van der Waals surface area contributed by atoms with Crippen molar-refractivity contribution in [2.45, 2.75) is 25.1 Å². The highest BCUT2D eigenvalue weighted by Gasteiger charge is 2.30. The lowest BCUT2D eigenvalue weighted by Gasteiger charge is -2.13. The zero-order valence-corrected chi connectivity index (χ0v) is 11.2. The summed E-state index contributed by atoms with van der Waals surface area (Å²) in [4.78, 5) is 33.2. The SMILES string of the molecule is NC(=O)[C@H](CC(=O)O)NC(=O)Cc1ccc(C(F)(F)F)cc1. The zero-order valence-electron chi connectivity index (χ0n) is 11.2. The highest BCUT2D eigenvalue weighted by molar-refractivity contribution is 5.90. The molecule has 1 aromatic carbocycles. The van der Waals surface area contributed by atoms with E-state index in [1.165, 1.54) is 0 Å². The largest absolute Gasteiger partial charge is 0.481 e. The summed E-state index contributed by atoms with van der Waals surface area (Å²) >= 11 is 0. The van der Waals surface area contributed by atoms with E-state index in [0.717, 1.165) is 24.3 Å². The Morgan fingerprint density at radius 3 is 2.14 bits per heavy atom. The molecule has 0 bridgehead atoms. The second kappa shape index (κ2) is 6.92. The number of benzene rings is 1. The monoisotopic (exact) mass is 318 g/mol. The Morgan fingerprint density at radius 2 is 1.73 bits per heavy atom. The number of nitrogens with one attached hydrogen (secondary N) is 1. The Hall–Kier alpha value is -2.58. The van der Waals surface area contributed by atoms with Gasteiger partial charge in [0.2, 0.25) is 11.8 Å². The van der Waals surface area contributed by atoms with E-state index in [9.17, 15) is 27.6 Å². The maximum atomic E-state index is 12.4. The number of aliphatic carboxylic acids is 1. The molecule has 1 rings (SSSR count). The van der Waals surface area contributed by atoms with E-state index >= 15 is 0 Å². The molecule has 0 radical (unpaired) electrons. The molecule has 0 aliphatic rings. The van der Waals surface area contributed by atoms with Gasteiger partial charge in [0.05, 0.1) is 18.4 Å². The lowest BCUT2D eigenvalue weighted by molar-refractivity contribution is -0.140. The summed E-state index contributed by atoms with van der Waals surface area (Å²) in [5.74, 6) is -3.05. The minimum absolute atomic E-state index is 0.282. The van der Waals surface area contributed by atoms with Crippen molar-refractivity contribution in [1.29, 1.82) is 0 Å². The first kappa shape index (κ1) is 17.5. The average Bonchev–Trinajstić information content (AvgIpc) is 2.36. The van der Waals surface area contributed by atoms with Crippen molar-refractivity contribution in [3.05, 3.63) is 35.4 Å². The van der Waals surface area contributed by atoms with Crippen molar-refractivity contribution in [2.24, 2.45) is 5.73 Å². The van der Waals surface area contributed by atoms with Gasteiger partial charge >= 0.3 is 12.1 Å². The molecule has 0 aromatic heterocycles. The fraction of sp³-hybridized carbons (Fsp3) is 0.308. The molecular formula is C13H13F3N2O4. The van der Waals surface area contributed by atoms with E-state index in [0.29, 0.717) is 0 Å². The molecule has 0 saturated carbocycles. The van der Waals surface area contributed by atoms with E-state index in [1.807, 2.05) is 0 Å². The second-order valence-corrected chi connectivity index (χ2v) is 4.49. The third-order valence-corrected chi connectivity index (χ3v) is 2.70. The standard InChI is InChI=1S/C13H13F3N2O4/c14-13(15,16)8-3-1-7(2-4-8)5-10(19)18-9(12(17)22)6-11(20)21/h1-4,9H,5-6H2,(H2,17,22)(H,18,19)(H,20,21)/t9-/m0/s1. The molecule has 9 heteroatoms. The molecule has 0 aliphatic heterocycles. The van der Waals surface area contributed by atoms with Gasteiger partial charge in [-0.2, -0.15) is 13.2 Å². The Bertz CT molecular complexity index is 570. The Kier molecular flexibility index (Phi) is 5.50. The number of hydrogen-bond acceptors (Lipinski definition) is 3. The van der Waals surface area contributed by atoms with Gasteiger partial charge in [-0.25, -0.2) is 0 Å². The van der Waals surface area contributed by atoms with Gasteiger partial charge in [-0.3, -0.25) is 14.4 Å². The average molecular weight is 318 g/mol. The highest BCUT2D eigenvalue weighted by atomic mass is 19.4. The molecule has 1 atom stereocenters. The normalized spacial score (nSPS) is 12.5. The summed E-state index contributed by atoms with van der Waals surface area (Å²) in [6, 6.07) is 2.52. The lowest BCUT2D eigenvalue weighted by Crippen LogP contribution is -2.46. The maximum absolute atomic E-state index is 12.4. The van der Waals surface area contributed by atoms with Crippen molar-refractivity contribution in [1.82, 2.24) is 5.32 Å². The van der Waals surface area contributed by atoms with Gasteiger partial charge in [-0.05, 0) is 17.7 Å². The fourth-order valence-corrected chi connectivity index (χ4v) is 1.64. The molecule has 0 fully saturated rings. The summed E-state index contributed by atoms with van der Waals surface area (Å²) in [5.41, 5.74) is 4.38. The molecule has 0 aliphatic carbocycles. The van der Waals surface area contributed by atoms with E-state index in [1.54, 1.807) is 0 Å². The van der Waals surface area contributed by atoms with Gasteiger partial charge in [0.25, 0.3) is 0 Å². The van der Waals surface area contributed by atoms with Gasteiger partial charge < -0.3 is 16.2 Å². The molecular weight excluding hydrogens is 305 g/mol. The first-order chi connectivity index (χ1) is 10.1. The van der Waals surface area contributed by atoms with Crippen LogP contribution in [0.3, 0.4) is 0 Å². The van der Waals surface area contributed by atoms with E-state index < -0.39 is 42.0 Å². The number of primary amides is 1. The number of carboxylic acid groups (broad SMARTS) is 1. The Labute approximate surface area is 123 Å². The topological polar surface area (TPSA) is 109 Å². The number of amides is 2. The predicted molar refractivity (Wildman–Crippen MR) is 68.5 cm³/mol. The van der Waals surface area contributed by atoms with Crippen LogP contribution < -0.4 is 11.1 Å². The molecule has 22 heavy (non-hydrogen) atoms. The number of halogens is 3. The minimum atomic E-state index is -4.47. The third kappa shape index (κ3) is 5.43. The zero-order chi connectivity index (χ0) is 16.9. The fourth-order valence-electron chi connectivity index (χ4n) is 1.64. The van der Waals surface area contributed by atoms with Gasteiger partial charge in [0, 0.05) is 0 Å². The minimum Gasteiger partial charge on any atom is -0.481 e. The van der Waals surface area contributed by atoms with Crippen molar-refractivity contribution in [3.63, 3.8) is 0 Å². The van der Waals surface area contributed by atoms with Crippen LogP contribution in [0.25, 0.3) is 0 Å². The lowest BCUT2D eigenvalue weighted by atomic mass is 10.1. The highest BCUT2D eigenvalue weighted by Crippen LogP contribution is 2.29. The van der Waals surface area contributed by atoms with E-state index in [2.05, 4.69) is 5.32 Å². The van der Waals surface area contributed by atoms with E-state index in [-0.39, 0.29) is 12.0 Å².